The van der Waals surface area contributed by atoms with Gasteiger partial charge in [0.1, 0.15) is 5.82 Å². The van der Waals surface area contributed by atoms with Crippen LogP contribution in [0.5, 0.6) is 0 Å². The van der Waals surface area contributed by atoms with Gasteiger partial charge in [-0.15, -0.1) is 0 Å². The third kappa shape index (κ3) is 4.27. The van der Waals surface area contributed by atoms with E-state index in [1.165, 1.54) is 11.0 Å². The monoisotopic (exact) mass is 308 g/mol. The van der Waals surface area contributed by atoms with Crippen molar-refractivity contribution in [2.45, 2.75) is 19.4 Å². The normalized spacial score (nSPS) is 16.5. The first-order valence-electron chi connectivity index (χ1n) is 7.40. The third-order valence-electron chi connectivity index (χ3n) is 4.09. The topological polar surface area (TPSA) is 60.9 Å². The molecule has 1 N–H and O–H groups in total. The largest absolute Gasteiger partial charge is 0.481 e. The van der Waals surface area contributed by atoms with Gasteiger partial charge in [0, 0.05) is 19.2 Å². The lowest BCUT2D eigenvalue weighted by Gasteiger charge is -2.30. The van der Waals surface area contributed by atoms with Crippen LogP contribution in [-0.2, 0) is 16.1 Å². The molecule has 1 aliphatic heterocycles. The summed E-state index contributed by atoms with van der Waals surface area (Å²) in [5.74, 6) is -1.47. The van der Waals surface area contributed by atoms with Crippen LogP contribution < -0.4 is 0 Å². The zero-order valence-electron chi connectivity index (χ0n) is 12.7. The van der Waals surface area contributed by atoms with Gasteiger partial charge in [-0.25, -0.2) is 4.39 Å². The Hall–Kier alpha value is -1.95. The zero-order chi connectivity index (χ0) is 16.1. The van der Waals surface area contributed by atoms with E-state index in [2.05, 4.69) is 0 Å². The first-order chi connectivity index (χ1) is 10.5. The number of piperidine rings is 1. The number of carboxylic acid groups (broad SMARTS) is 1. The molecule has 1 amide bonds. The minimum absolute atomic E-state index is 0.0861. The molecule has 6 heteroatoms. The highest BCUT2D eigenvalue weighted by Gasteiger charge is 2.26. The number of likely N-dealkylation sites (tertiary alicyclic amines) is 1. The zero-order valence-corrected chi connectivity index (χ0v) is 12.7. The maximum atomic E-state index is 13.6. The molecule has 5 nitrogen and oxygen atoms in total. The number of likely N-dealkylation sites (N-methyl/N-ethyl adjacent to an activating group) is 1. The van der Waals surface area contributed by atoms with E-state index >= 15 is 0 Å². The van der Waals surface area contributed by atoms with Gasteiger partial charge in [-0.2, -0.15) is 0 Å². The van der Waals surface area contributed by atoms with Crippen molar-refractivity contribution >= 4 is 11.9 Å². The second-order valence-corrected chi connectivity index (χ2v) is 5.73. The number of carbonyl (C=O) groups is 2. The van der Waals surface area contributed by atoms with Crippen molar-refractivity contribution in [2.75, 3.05) is 26.7 Å². The number of nitrogens with zero attached hydrogens (tertiary/aromatic N) is 2. The van der Waals surface area contributed by atoms with Crippen molar-refractivity contribution in [2.24, 2.45) is 5.92 Å². The van der Waals surface area contributed by atoms with Gasteiger partial charge in [-0.1, -0.05) is 18.2 Å². The molecule has 0 bridgehead atoms. The summed E-state index contributed by atoms with van der Waals surface area (Å²) in [4.78, 5) is 26.5. The van der Waals surface area contributed by atoms with Gasteiger partial charge in [0.2, 0.25) is 5.91 Å². The molecule has 120 valence electrons. The van der Waals surface area contributed by atoms with Gasteiger partial charge in [-0.05, 0) is 32.0 Å². The summed E-state index contributed by atoms with van der Waals surface area (Å²) >= 11 is 0. The summed E-state index contributed by atoms with van der Waals surface area (Å²) in [6.45, 7) is 1.70. The maximum Gasteiger partial charge on any atom is 0.306 e. The van der Waals surface area contributed by atoms with Crippen molar-refractivity contribution in [3.05, 3.63) is 35.6 Å². The Morgan fingerprint density at radius 3 is 2.55 bits per heavy atom. The molecule has 0 spiro atoms. The number of halogens is 1. The van der Waals surface area contributed by atoms with Gasteiger partial charge < -0.3 is 10.0 Å². The molecule has 2 rings (SSSR count). The molecule has 1 aliphatic rings. The fourth-order valence-corrected chi connectivity index (χ4v) is 2.62. The molecule has 1 fully saturated rings. The predicted molar refractivity (Wildman–Crippen MR) is 79.7 cm³/mol. The van der Waals surface area contributed by atoms with Crippen molar-refractivity contribution in [3.63, 3.8) is 0 Å². The van der Waals surface area contributed by atoms with E-state index in [9.17, 15) is 14.0 Å². The molecular formula is C16H21FN2O3. The van der Waals surface area contributed by atoms with E-state index in [1.54, 1.807) is 25.2 Å². The van der Waals surface area contributed by atoms with Crippen LogP contribution >= 0.6 is 0 Å². The Morgan fingerprint density at radius 1 is 1.32 bits per heavy atom. The molecule has 1 aromatic carbocycles. The Morgan fingerprint density at radius 2 is 1.95 bits per heavy atom. The van der Waals surface area contributed by atoms with Crippen LogP contribution in [0.1, 0.15) is 18.4 Å². The number of hydrogen-bond acceptors (Lipinski definition) is 3. The van der Waals surface area contributed by atoms with Crippen LogP contribution in [0.4, 0.5) is 4.39 Å². The molecule has 0 unspecified atom stereocenters. The second-order valence-electron chi connectivity index (χ2n) is 5.73. The summed E-state index contributed by atoms with van der Waals surface area (Å²) < 4.78 is 13.6. The number of benzene rings is 1. The quantitative estimate of drug-likeness (QED) is 0.897. The molecule has 0 aromatic heterocycles. The number of carboxylic acids is 1. The molecule has 1 aromatic rings. The average Bonchev–Trinajstić information content (AvgIpc) is 2.50. The maximum absolute atomic E-state index is 13.6. The van der Waals surface area contributed by atoms with Crippen molar-refractivity contribution in [1.82, 2.24) is 9.80 Å². The minimum Gasteiger partial charge on any atom is -0.481 e. The molecule has 1 heterocycles. The number of amides is 1. The fourth-order valence-electron chi connectivity index (χ4n) is 2.62. The summed E-state index contributed by atoms with van der Waals surface area (Å²) in [7, 11) is 1.65. The van der Waals surface area contributed by atoms with Gasteiger partial charge >= 0.3 is 5.97 Å². The molecule has 1 saturated heterocycles. The fraction of sp³-hybridized carbons (Fsp3) is 0.500. The van der Waals surface area contributed by atoms with E-state index in [1.807, 2.05) is 4.90 Å². The Kier molecular flexibility index (Phi) is 5.49. The Labute approximate surface area is 129 Å². The molecule has 0 radical (unpaired) electrons. The first kappa shape index (κ1) is 16.4. The molecule has 22 heavy (non-hydrogen) atoms. The highest BCUT2D eigenvalue weighted by Crippen LogP contribution is 2.17. The van der Waals surface area contributed by atoms with Crippen LogP contribution in [-0.4, -0.2) is 53.5 Å². The van der Waals surface area contributed by atoms with Gasteiger partial charge in [0.25, 0.3) is 0 Å². The summed E-state index contributed by atoms with van der Waals surface area (Å²) in [6.07, 6.45) is 1.14. The molecule has 0 aliphatic carbocycles. The summed E-state index contributed by atoms with van der Waals surface area (Å²) in [6, 6.07) is 6.41. The summed E-state index contributed by atoms with van der Waals surface area (Å²) in [5, 5.41) is 8.96. The van der Waals surface area contributed by atoms with Gasteiger partial charge in [0.05, 0.1) is 12.5 Å². The smallest absolute Gasteiger partial charge is 0.306 e. The average molecular weight is 308 g/mol. The van der Waals surface area contributed by atoms with Crippen molar-refractivity contribution in [3.8, 4) is 0 Å². The molecule has 0 saturated carbocycles. The van der Waals surface area contributed by atoms with Crippen LogP contribution in [0, 0.1) is 11.7 Å². The standard InChI is InChI=1S/C16H21FN2O3/c1-18(10-13-4-2-3-5-14(13)17)15(20)11-19-8-6-12(7-9-19)16(21)22/h2-5,12H,6-11H2,1H3,(H,21,22). The lowest BCUT2D eigenvalue weighted by atomic mass is 9.97. The van der Waals surface area contributed by atoms with Crippen LogP contribution in [0.15, 0.2) is 24.3 Å². The second kappa shape index (κ2) is 7.35. The Bertz CT molecular complexity index is 542. The minimum atomic E-state index is -0.761. The van der Waals surface area contributed by atoms with Crippen LogP contribution in [0.25, 0.3) is 0 Å². The van der Waals surface area contributed by atoms with Gasteiger partial charge in [0.15, 0.2) is 0 Å². The first-order valence-corrected chi connectivity index (χ1v) is 7.40. The predicted octanol–water partition coefficient (Wildman–Crippen LogP) is 1.58. The number of carbonyl (C=O) groups excluding carboxylic acids is 1. The van der Waals surface area contributed by atoms with Crippen LogP contribution in [0.3, 0.4) is 0 Å². The SMILES string of the molecule is CN(Cc1ccccc1F)C(=O)CN1CCC(C(=O)O)CC1. The lowest BCUT2D eigenvalue weighted by molar-refractivity contribution is -0.143. The van der Waals surface area contributed by atoms with E-state index < -0.39 is 5.97 Å². The van der Waals surface area contributed by atoms with Crippen molar-refractivity contribution < 1.29 is 19.1 Å². The third-order valence-corrected chi connectivity index (χ3v) is 4.09. The van der Waals surface area contributed by atoms with E-state index in [-0.39, 0.29) is 30.7 Å². The van der Waals surface area contributed by atoms with E-state index in [0.29, 0.717) is 31.5 Å². The number of hydrogen-bond donors (Lipinski definition) is 1. The highest BCUT2D eigenvalue weighted by molar-refractivity contribution is 5.78. The van der Waals surface area contributed by atoms with Gasteiger partial charge in [-0.3, -0.25) is 14.5 Å². The van der Waals surface area contributed by atoms with Crippen LogP contribution in [0.2, 0.25) is 0 Å². The number of rotatable bonds is 5. The lowest BCUT2D eigenvalue weighted by Crippen LogP contribution is -2.43. The van der Waals surface area contributed by atoms with Crippen molar-refractivity contribution in [1.29, 1.82) is 0 Å². The molecule has 0 atom stereocenters. The van der Waals surface area contributed by atoms with E-state index in [4.69, 9.17) is 5.11 Å². The highest BCUT2D eigenvalue weighted by atomic mass is 19.1. The summed E-state index contributed by atoms with van der Waals surface area (Å²) in [5.41, 5.74) is 0.489. The molecular weight excluding hydrogens is 287 g/mol. The number of aliphatic carboxylic acids is 1. The van der Waals surface area contributed by atoms with E-state index in [0.717, 1.165) is 0 Å². The Balaban J connectivity index is 1.82.